The van der Waals surface area contributed by atoms with Gasteiger partial charge in [0, 0.05) is 54.3 Å². The summed E-state index contributed by atoms with van der Waals surface area (Å²) in [5, 5.41) is 3.45. The Bertz CT molecular complexity index is 962. The third-order valence-corrected chi connectivity index (χ3v) is 5.99. The van der Waals surface area contributed by atoms with Crippen molar-refractivity contribution in [3.8, 4) is 5.75 Å². The second-order valence-corrected chi connectivity index (χ2v) is 8.40. The quantitative estimate of drug-likeness (QED) is 0.768. The van der Waals surface area contributed by atoms with Gasteiger partial charge < -0.3 is 10.1 Å². The van der Waals surface area contributed by atoms with E-state index in [2.05, 4.69) is 16.3 Å². The molecule has 1 atom stereocenters. The molecule has 31 heavy (non-hydrogen) atoms. The summed E-state index contributed by atoms with van der Waals surface area (Å²) in [6.07, 6.45) is 3.33. The number of hydrogen-bond donors (Lipinski definition) is 1. The van der Waals surface area contributed by atoms with Gasteiger partial charge in [-0.1, -0.05) is 6.07 Å². The van der Waals surface area contributed by atoms with Gasteiger partial charge in [0.2, 0.25) is 11.8 Å². The number of carbonyl (C=O) groups excluding carboxylic acids is 2. The van der Waals surface area contributed by atoms with Crippen LogP contribution in [0.5, 0.6) is 5.75 Å². The van der Waals surface area contributed by atoms with Gasteiger partial charge in [-0.25, -0.2) is 0 Å². The van der Waals surface area contributed by atoms with Crippen LogP contribution in [-0.2, 0) is 9.59 Å². The van der Waals surface area contributed by atoms with Crippen LogP contribution in [-0.4, -0.2) is 59.9 Å². The predicted molar refractivity (Wildman–Crippen MR) is 120 cm³/mol. The normalized spacial score (nSPS) is 19.5. The number of piperidine rings is 1. The molecule has 0 spiro atoms. The summed E-state index contributed by atoms with van der Waals surface area (Å²) < 4.78 is 5.31. The number of aryl methyl sites for hydroxylation is 1. The van der Waals surface area contributed by atoms with Crippen molar-refractivity contribution >= 4 is 23.2 Å². The van der Waals surface area contributed by atoms with E-state index in [-0.39, 0.29) is 17.7 Å². The van der Waals surface area contributed by atoms with E-state index < -0.39 is 0 Å². The van der Waals surface area contributed by atoms with Crippen LogP contribution in [0, 0.1) is 6.92 Å². The number of nitrogens with one attached hydrogen (secondary N) is 1. The smallest absolute Gasteiger partial charge is 0.243 e. The van der Waals surface area contributed by atoms with Crippen molar-refractivity contribution in [1.82, 2.24) is 14.8 Å². The summed E-state index contributed by atoms with van der Waals surface area (Å²) in [6, 6.07) is 12.0. The summed E-state index contributed by atoms with van der Waals surface area (Å²) in [4.78, 5) is 32.8. The Kier molecular flexibility index (Phi) is 6.51. The third-order valence-electron chi connectivity index (χ3n) is 5.99. The number of carbonyl (C=O) groups is 2. The second-order valence-electron chi connectivity index (χ2n) is 8.40. The molecule has 4 rings (SSSR count). The lowest BCUT2D eigenvalue weighted by Crippen LogP contribution is -2.44. The number of pyridine rings is 1. The van der Waals surface area contributed by atoms with Crippen molar-refractivity contribution < 1.29 is 14.3 Å². The van der Waals surface area contributed by atoms with Crippen molar-refractivity contribution in [1.29, 1.82) is 0 Å². The van der Waals surface area contributed by atoms with Gasteiger partial charge in [-0.05, 0) is 57.0 Å². The monoisotopic (exact) mass is 422 g/mol. The van der Waals surface area contributed by atoms with Crippen molar-refractivity contribution in [2.75, 3.05) is 38.6 Å². The first-order valence-corrected chi connectivity index (χ1v) is 11.0. The first-order chi connectivity index (χ1) is 15.0. The molecule has 0 bridgehead atoms. The molecular formula is C24H30N4O3. The minimum absolute atomic E-state index is 0.0350. The van der Waals surface area contributed by atoms with Crippen molar-refractivity contribution in [2.45, 2.75) is 38.5 Å². The van der Waals surface area contributed by atoms with Gasteiger partial charge in [0.15, 0.2) is 0 Å². The minimum Gasteiger partial charge on any atom is -0.497 e. The summed E-state index contributed by atoms with van der Waals surface area (Å²) in [6.45, 7) is 4.54. The van der Waals surface area contributed by atoms with E-state index in [1.54, 1.807) is 7.11 Å². The average molecular weight is 423 g/mol. The molecule has 2 saturated heterocycles. The molecule has 2 amide bonds. The largest absolute Gasteiger partial charge is 0.497 e. The number of hydrogen-bond acceptors (Lipinski definition) is 6. The molecule has 2 aliphatic rings. The minimum atomic E-state index is -0.0688. The zero-order chi connectivity index (χ0) is 21.8. The van der Waals surface area contributed by atoms with Crippen LogP contribution in [0.15, 0.2) is 36.4 Å². The first kappa shape index (κ1) is 21.3. The molecular weight excluding hydrogens is 392 g/mol. The van der Waals surface area contributed by atoms with E-state index in [9.17, 15) is 9.59 Å². The fraction of sp³-hybridized carbons (Fsp3) is 0.458. The van der Waals surface area contributed by atoms with Crippen molar-refractivity contribution in [3.05, 3.63) is 47.8 Å². The van der Waals surface area contributed by atoms with Gasteiger partial charge in [-0.15, -0.1) is 0 Å². The van der Waals surface area contributed by atoms with Crippen molar-refractivity contribution in [2.24, 2.45) is 0 Å². The van der Waals surface area contributed by atoms with Crippen molar-refractivity contribution in [3.63, 3.8) is 0 Å². The van der Waals surface area contributed by atoms with Crippen LogP contribution in [0.4, 0.5) is 11.4 Å². The Labute approximate surface area is 183 Å². The van der Waals surface area contributed by atoms with Gasteiger partial charge in [-0.2, -0.15) is 0 Å². The Hall–Kier alpha value is -2.93. The first-order valence-electron chi connectivity index (χ1n) is 11.0. The number of aromatic nitrogens is 1. The van der Waals surface area contributed by atoms with Gasteiger partial charge in [-0.3, -0.25) is 24.4 Å². The summed E-state index contributed by atoms with van der Waals surface area (Å²) in [5.41, 5.74) is 3.95. The maximum atomic E-state index is 12.6. The molecule has 2 aromatic rings. The Morgan fingerprint density at radius 3 is 2.84 bits per heavy atom. The lowest BCUT2D eigenvalue weighted by Gasteiger charge is -2.33. The highest BCUT2D eigenvalue weighted by Gasteiger charge is 2.30. The Morgan fingerprint density at radius 1 is 1.19 bits per heavy atom. The van der Waals surface area contributed by atoms with Gasteiger partial charge >= 0.3 is 0 Å². The molecule has 7 nitrogen and oxygen atoms in total. The van der Waals surface area contributed by atoms with E-state index in [0.717, 1.165) is 60.9 Å². The van der Waals surface area contributed by atoms with Crippen LogP contribution < -0.4 is 10.1 Å². The zero-order valence-corrected chi connectivity index (χ0v) is 18.3. The molecule has 1 N–H and O–H groups in total. The van der Waals surface area contributed by atoms with Crippen LogP contribution in [0.25, 0.3) is 0 Å². The fourth-order valence-electron chi connectivity index (χ4n) is 4.47. The fourth-order valence-corrected chi connectivity index (χ4v) is 4.47. The van der Waals surface area contributed by atoms with E-state index in [0.29, 0.717) is 19.5 Å². The summed E-state index contributed by atoms with van der Waals surface area (Å²) >= 11 is 0. The number of rotatable bonds is 6. The number of likely N-dealkylation sites (tertiary alicyclic amines) is 2. The van der Waals surface area contributed by atoms with E-state index in [1.807, 2.05) is 37.3 Å². The number of amides is 2. The number of methoxy groups -OCH3 is 1. The molecule has 0 aliphatic carbocycles. The lowest BCUT2D eigenvalue weighted by atomic mass is 9.93. The molecule has 3 heterocycles. The number of benzene rings is 1. The van der Waals surface area contributed by atoms with E-state index in [4.69, 9.17) is 9.72 Å². The second kappa shape index (κ2) is 9.47. The molecule has 164 valence electrons. The molecule has 0 radical (unpaired) electrons. The molecule has 7 heteroatoms. The maximum Gasteiger partial charge on any atom is 0.243 e. The number of nitrogens with zero attached hydrogens (tertiary/aromatic N) is 3. The standard InChI is InChI=1S/C24H30N4O3/c1-17-12-20(26-19-7-3-8-21(13-19)31-2)14-22(25-17)18-6-4-10-27(15-18)16-24(30)28-11-5-9-23(28)29/h3,7-8,12-14,18H,4-6,9-11,15-16H2,1-2H3,(H,25,26)/t18-/m0/s1. The summed E-state index contributed by atoms with van der Waals surface area (Å²) in [7, 11) is 1.66. The molecule has 1 aromatic heterocycles. The van der Waals surface area contributed by atoms with Gasteiger partial charge in [0.05, 0.1) is 13.7 Å². The van der Waals surface area contributed by atoms with Crippen LogP contribution in [0.1, 0.15) is 43.0 Å². The van der Waals surface area contributed by atoms with E-state index >= 15 is 0 Å². The topological polar surface area (TPSA) is 74.8 Å². The van der Waals surface area contributed by atoms with Crippen LogP contribution in [0.2, 0.25) is 0 Å². The third kappa shape index (κ3) is 5.22. The molecule has 2 fully saturated rings. The molecule has 1 aromatic carbocycles. The SMILES string of the molecule is COc1cccc(Nc2cc(C)nc([C@H]3CCCN(CC(=O)N4CCCC4=O)C3)c2)c1. The number of anilines is 2. The Morgan fingerprint density at radius 2 is 2.06 bits per heavy atom. The number of imide groups is 1. The highest BCUT2D eigenvalue weighted by molar-refractivity contribution is 5.97. The van der Waals surface area contributed by atoms with Crippen LogP contribution in [0.3, 0.4) is 0 Å². The summed E-state index contributed by atoms with van der Waals surface area (Å²) in [5.74, 6) is 0.967. The molecule has 0 unspecified atom stereocenters. The zero-order valence-electron chi connectivity index (χ0n) is 18.3. The average Bonchev–Trinajstić information content (AvgIpc) is 3.20. The predicted octanol–water partition coefficient (Wildman–Crippen LogP) is 3.47. The number of ether oxygens (including phenoxy) is 1. The van der Waals surface area contributed by atoms with Gasteiger partial charge in [0.25, 0.3) is 0 Å². The van der Waals surface area contributed by atoms with E-state index in [1.165, 1.54) is 4.90 Å². The maximum absolute atomic E-state index is 12.6. The van der Waals surface area contributed by atoms with Crippen LogP contribution >= 0.6 is 0 Å². The molecule has 0 saturated carbocycles. The Balaban J connectivity index is 1.44. The van der Waals surface area contributed by atoms with Gasteiger partial charge in [0.1, 0.15) is 5.75 Å². The lowest BCUT2D eigenvalue weighted by molar-refractivity contribution is -0.142. The highest BCUT2D eigenvalue weighted by atomic mass is 16.5. The highest BCUT2D eigenvalue weighted by Crippen LogP contribution is 2.29. The molecule has 2 aliphatic heterocycles.